The summed E-state index contributed by atoms with van der Waals surface area (Å²) < 4.78 is 22.0. The molecule has 0 spiro atoms. The number of anilines is 1. The molecule has 0 aliphatic rings. The number of hydrogen-bond donors (Lipinski definition) is 1. The lowest BCUT2D eigenvalue weighted by atomic mass is 10.2. The first-order chi connectivity index (χ1) is 18.1. The molecule has 0 bridgehead atoms. The molecule has 1 atom stereocenters. The standard InChI is InChI=1S/C29H33N3O5/c1-4-35-28(33)21(2)37-25-10-7-9-22(19-25)20-32(29-30-26-11-5-6-12-27(26)31-29)17-8-18-36-24-15-13-23(34-3)14-16-24/h5-7,9-16,19,21H,4,8,17-18,20H2,1-3H3,(H,30,31). The lowest BCUT2D eigenvalue weighted by molar-refractivity contribution is -0.150. The molecular weight excluding hydrogens is 470 g/mol. The molecule has 8 nitrogen and oxygen atoms in total. The Morgan fingerprint density at radius 3 is 2.54 bits per heavy atom. The first-order valence-electron chi connectivity index (χ1n) is 12.4. The molecule has 1 unspecified atom stereocenters. The maximum atomic E-state index is 12.0. The average Bonchev–Trinajstić information content (AvgIpc) is 3.35. The van der Waals surface area contributed by atoms with E-state index < -0.39 is 6.10 Å². The second-order valence-corrected chi connectivity index (χ2v) is 8.54. The quantitative estimate of drug-likeness (QED) is 0.194. The van der Waals surface area contributed by atoms with E-state index in [0.29, 0.717) is 25.5 Å². The number of hydrogen-bond acceptors (Lipinski definition) is 7. The van der Waals surface area contributed by atoms with Gasteiger partial charge in [0.2, 0.25) is 5.95 Å². The van der Waals surface area contributed by atoms with Gasteiger partial charge in [-0.05, 0) is 74.4 Å². The van der Waals surface area contributed by atoms with Gasteiger partial charge in [-0.3, -0.25) is 0 Å². The number of nitrogens with one attached hydrogen (secondary N) is 1. The normalized spacial score (nSPS) is 11.6. The van der Waals surface area contributed by atoms with Crippen molar-refractivity contribution in [3.8, 4) is 17.2 Å². The van der Waals surface area contributed by atoms with Gasteiger partial charge in [0.25, 0.3) is 0 Å². The second-order valence-electron chi connectivity index (χ2n) is 8.54. The van der Waals surface area contributed by atoms with Gasteiger partial charge in [0.15, 0.2) is 6.10 Å². The maximum Gasteiger partial charge on any atom is 0.347 e. The predicted octanol–water partition coefficient (Wildman–Crippen LogP) is 5.38. The Hall–Kier alpha value is -4.20. The zero-order chi connectivity index (χ0) is 26.0. The van der Waals surface area contributed by atoms with E-state index in [1.54, 1.807) is 21.0 Å². The highest BCUT2D eigenvalue weighted by atomic mass is 16.6. The summed E-state index contributed by atoms with van der Waals surface area (Å²) in [4.78, 5) is 22.4. The maximum absolute atomic E-state index is 12.0. The minimum absolute atomic E-state index is 0.321. The number of rotatable bonds is 13. The number of ether oxygens (including phenoxy) is 4. The Morgan fingerprint density at radius 2 is 1.78 bits per heavy atom. The van der Waals surface area contributed by atoms with Gasteiger partial charge in [-0.15, -0.1) is 0 Å². The minimum atomic E-state index is -0.684. The number of aromatic amines is 1. The van der Waals surface area contributed by atoms with Crippen LogP contribution in [-0.4, -0.2) is 48.9 Å². The van der Waals surface area contributed by atoms with E-state index in [1.807, 2.05) is 72.8 Å². The van der Waals surface area contributed by atoms with Gasteiger partial charge in [-0.1, -0.05) is 24.3 Å². The van der Waals surface area contributed by atoms with E-state index in [9.17, 15) is 4.79 Å². The summed E-state index contributed by atoms with van der Waals surface area (Å²) in [5.74, 6) is 2.62. The molecule has 0 radical (unpaired) electrons. The molecule has 4 aromatic rings. The minimum Gasteiger partial charge on any atom is -0.497 e. The van der Waals surface area contributed by atoms with Crippen molar-refractivity contribution < 1.29 is 23.7 Å². The monoisotopic (exact) mass is 503 g/mol. The van der Waals surface area contributed by atoms with Gasteiger partial charge >= 0.3 is 5.97 Å². The van der Waals surface area contributed by atoms with Gasteiger partial charge in [0, 0.05) is 13.1 Å². The van der Waals surface area contributed by atoms with Crippen molar-refractivity contribution in [2.24, 2.45) is 0 Å². The van der Waals surface area contributed by atoms with Crippen molar-refractivity contribution in [3.63, 3.8) is 0 Å². The van der Waals surface area contributed by atoms with Crippen molar-refractivity contribution >= 4 is 23.0 Å². The Morgan fingerprint density at radius 1 is 1.00 bits per heavy atom. The number of methoxy groups -OCH3 is 1. The SMILES string of the molecule is CCOC(=O)C(C)Oc1cccc(CN(CCCOc2ccc(OC)cc2)c2nc3ccccc3[nH]2)c1. The van der Waals surface area contributed by atoms with Crippen molar-refractivity contribution in [2.45, 2.75) is 32.9 Å². The van der Waals surface area contributed by atoms with Crippen LogP contribution >= 0.6 is 0 Å². The summed E-state index contributed by atoms with van der Waals surface area (Å²) in [5, 5.41) is 0. The molecule has 3 aromatic carbocycles. The number of imidazole rings is 1. The van der Waals surface area contributed by atoms with E-state index in [-0.39, 0.29) is 5.97 Å². The van der Waals surface area contributed by atoms with Crippen molar-refractivity contribution in [2.75, 3.05) is 31.8 Å². The van der Waals surface area contributed by atoms with Crippen molar-refractivity contribution in [1.82, 2.24) is 9.97 Å². The lowest BCUT2D eigenvalue weighted by Gasteiger charge is -2.23. The third-order valence-electron chi connectivity index (χ3n) is 5.78. The fourth-order valence-electron chi connectivity index (χ4n) is 3.92. The van der Waals surface area contributed by atoms with Gasteiger partial charge in [0.05, 0.1) is 31.4 Å². The molecule has 0 aliphatic heterocycles. The summed E-state index contributed by atoms with van der Waals surface area (Å²) in [6, 6.07) is 23.3. The molecule has 1 N–H and O–H groups in total. The smallest absolute Gasteiger partial charge is 0.347 e. The predicted molar refractivity (Wildman–Crippen MR) is 143 cm³/mol. The highest BCUT2D eigenvalue weighted by molar-refractivity contribution is 5.77. The molecule has 1 aromatic heterocycles. The van der Waals surface area contributed by atoms with E-state index >= 15 is 0 Å². The van der Waals surface area contributed by atoms with Crippen LogP contribution in [0.3, 0.4) is 0 Å². The largest absolute Gasteiger partial charge is 0.497 e. The Bertz CT molecular complexity index is 1260. The number of nitrogens with zero attached hydrogens (tertiary/aromatic N) is 2. The van der Waals surface area contributed by atoms with Crippen LogP contribution in [0.5, 0.6) is 17.2 Å². The molecule has 0 saturated carbocycles. The number of esters is 1. The second kappa shape index (κ2) is 12.7. The van der Waals surface area contributed by atoms with E-state index in [4.69, 9.17) is 23.9 Å². The van der Waals surface area contributed by atoms with Crippen LogP contribution in [0.25, 0.3) is 11.0 Å². The first-order valence-corrected chi connectivity index (χ1v) is 12.4. The van der Waals surface area contributed by atoms with Gasteiger partial charge < -0.3 is 28.8 Å². The van der Waals surface area contributed by atoms with Crippen LogP contribution in [0.1, 0.15) is 25.8 Å². The summed E-state index contributed by atoms with van der Waals surface area (Å²) in [6.07, 6.45) is 0.107. The lowest BCUT2D eigenvalue weighted by Crippen LogP contribution is -2.27. The van der Waals surface area contributed by atoms with E-state index in [0.717, 1.165) is 47.0 Å². The molecule has 0 saturated heterocycles. The summed E-state index contributed by atoms with van der Waals surface area (Å²) in [7, 11) is 1.64. The topological polar surface area (TPSA) is 85.9 Å². The summed E-state index contributed by atoms with van der Waals surface area (Å²) >= 11 is 0. The van der Waals surface area contributed by atoms with Gasteiger partial charge in [-0.25, -0.2) is 9.78 Å². The highest BCUT2D eigenvalue weighted by Crippen LogP contribution is 2.22. The van der Waals surface area contributed by atoms with Crippen LogP contribution in [0.15, 0.2) is 72.8 Å². The van der Waals surface area contributed by atoms with Crippen LogP contribution < -0.4 is 19.1 Å². The third-order valence-corrected chi connectivity index (χ3v) is 5.78. The third kappa shape index (κ3) is 7.16. The summed E-state index contributed by atoms with van der Waals surface area (Å²) in [5.41, 5.74) is 2.93. The fourth-order valence-corrected chi connectivity index (χ4v) is 3.92. The van der Waals surface area contributed by atoms with Gasteiger partial charge in [0.1, 0.15) is 17.2 Å². The molecular formula is C29H33N3O5. The molecule has 0 aliphatic carbocycles. The summed E-state index contributed by atoms with van der Waals surface area (Å²) in [6.45, 7) is 5.67. The Kier molecular flexibility index (Phi) is 8.86. The molecule has 1 heterocycles. The average molecular weight is 504 g/mol. The number of fused-ring (bicyclic) bond motifs is 1. The zero-order valence-electron chi connectivity index (χ0n) is 21.5. The van der Waals surface area contributed by atoms with Crippen LogP contribution in [0.2, 0.25) is 0 Å². The molecule has 0 amide bonds. The number of carbonyl (C=O) groups excluding carboxylic acids is 1. The van der Waals surface area contributed by atoms with Gasteiger partial charge in [-0.2, -0.15) is 0 Å². The van der Waals surface area contributed by atoms with Crippen LogP contribution in [0, 0.1) is 0 Å². The van der Waals surface area contributed by atoms with E-state index in [2.05, 4.69) is 9.88 Å². The van der Waals surface area contributed by atoms with E-state index in [1.165, 1.54) is 0 Å². The number of para-hydroxylation sites is 2. The molecule has 37 heavy (non-hydrogen) atoms. The number of aromatic nitrogens is 2. The molecule has 194 valence electrons. The number of H-pyrrole nitrogens is 1. The molecule has 8 heteroatoms. The first kappa shape index (κ1) is 25.9. The van der Waals surface area contributed by atoms with Crippen LogP contribution in [-0.2, 0) is 16.1 Å². The highest BCUT2D eigenvalue weighted by Gasteiger charge is 2.17. The number of carbonyl (C=O) groups is 1. The van der Waals surface area contributed by atoms with Crippen molar-refractivity contribution in [1.29, 1.82) is 0 Å². The molecule has 4 rings (SSSR count). The Labute approximate surface area is 217 Å². The molecule has 0 fully saturated rings. The number of benzene rings is 3. The van der Waals surface area contributed by atoms with Crippen LogP contribution in [0.4, 0.5) is 5.95 Å². The fraction of sp³-hybridized carbons (Fsp3) is 0.310. The Balaban J connectivity index is 1.44. The zero-order valence-corrected chi connectivity index (χ0v) is 21.5. The van der Waals surface area contributed by atoms with Crippen molar-refractivity contribution in [3.05, 3.63) is 78.4 Å².